The molecular weight excluding hydrogens is 398 g/mol. The van der Waals surface area contributed by atoms with Crippen LogP contribution in [0, 0.1) is 13.8 Å². The number of benzene rings is 3. The number of anilines is 1. The lowest BCUT2D eigenvalue weighted by Gasteiger charge is -2.16. The number of carbonyl (C=O) groups is 1. The monoisotopic (exact) mass is 427 g/mol. The van der Waals surface area contributed by atoms with Crippen LogP contribution in [0.15, 0.2) is 67.0 Å². The molecule has 0 unspecified atom stereocenters. The molecular formula is C26H29N5O. The SMILES string of the molecule is Cc1ccc(NC(=O)c2ncn(CCCN[C@H](C)c3cccc4ccccc34)n2)cc1C. The van der Waals surface area contributed by atoms with E-state index >= 15 is 0 Å². The Bertz CT molecular complexity index is 1220. The lowest BCUT2D eigenvalue weighted by atomic mass is 10.00. The van der Waals surface area contributed by atoms with E-state index in [1.165, 1.54) is 21.9 Å². The second kappa shape index (κ2) is 9.75. The van der Waals surface area contributed by atoms with Crippen LogP contribution in [0.4, 0.5) is 5.69 Å². The van der Waals surface area contributed by atoms with Gasteiger partial charge in [-0.15, -0.1) is 5.10 Å². The van der Waals surface area contributed by atoms with Gasteiger partial charge in [-0.05, 0) is 73.3 Å². The number of aryl methyl sites for hydroxylation is 3. The Morgan fingerprint density at radius 1 is 1.03 bits per heavy atom. The molecule has 6 heteroatoms. The predicted octanol–water partition coefficient (Wildman–Crippen LogP) is 5.04. The highest BCUT2D eigenvalue weighted by Crippen LogP contribution is 2.24. The summed E-state index contributed by atoms with van der Waals surface area (Å²) in [5.74, 6) is -0.116. The molecule has 0 aliphatic heterocycles. The van der Waals surface area contributed by atoms with Crippen molar-refractivity contribution < 1.29 is 4.79 Å². The van der Waals surface area contributed by atoms with Crippen molar-refractivity contribution in [3.63, 3.8) is 0 Å². The van der Waals surface area contributed by atoms with Gasteiger partial charge in [-0.1, -0.05) is 48.5 Å². The van der Waals surface area contributed by atoms with Gasteiger partial charge in [-0.25, -0.2) is 4.98 Å². The average molecular weight is 428 g/mol. The highest BCUT2D eigenvalue weighted by Gasteiger charge is 2.12. The van der Waals surface area contributed by atoms with E-state index in [1.807, 2.05) is 32.0 Å². The van der Waals surface area contributed by atoms with E-state index in [2.05, 4.69) is 70.1 Å². The normalized spacial score (nSPS) is 12.1. The molecule has 1 aromatic heterocycles. The van der Waals surface area contributed by atoms with Crippen molar-refractivity contribution in [2.75, 3.05) is 11.9 Å². The summed E-state index contributed by atoms with van der Waals surface area (Å²) in [4.78, 5) is 16.6. The number of carbonyl (C=O) groups excluding carboxylic acids is 1. The van der Waals surface area contributed by atoms with Gasteiger partial charge in [0, 0.05) is 18.3 Å². The topological polar surface area (TPSA) is 71.8 Å². The van der Waals surface area contributed by atoms with E-state index in [0.29, 0.717) is 6.54 Å². The number of nitrogens with zero attached hydrogens (tertiary/aromatic N) is 3. The molecule has 32 heavy (non-hydrogen) atoms. The summed E-state index contributed by atoms with van der Waals surface area (Å²) < 4.78 is 1.72. The zero-order valence-corrected chi connectivity index (χ0v) is 18.8. The molecule has 3 aromatic carbocycles. The van der Waals surface area contributed by atoms with Crippen LogP contribution in [0.2, 0.25) is 0 Å². The van der Waals surface area contributed by atoms with E-state index in [1.54, 1.807) is 11.0 Å². The fourth-order valence-electron chi connectivity index (χ4n) is 3.81. The van der Waals surface area contributed by atoms with E-state index in [0.717, 1.165) is 24.2 Å². The summed E-state index contributed by atoms with van der Waals surface area (Å²) in [5, 5.41) is 13.3. The fourth-order valence-corrected chi connectivity index (χ4v) is 3.81. The van der Waals surface area contributed by atoms with Gasteiger partial charge in [0.25, 0.3) is 5.91 Å². The van der Waals surface area contributed by atoms with Gasteiger partial charge in [-0.3, -0.25) is 9.48 Å². The third kappa shape index (κ3) is 5.03. The molecule has 4 rings (SSSR count). The summed E-state index contributed by atoms with van der Waals surface area (Å²) in [6, 6.07) is 21.0. The number of rotatable bonds is 8. The Labute approximate surface area is 188 Å². The molecule has 1 atom stereocenters. The number of nitrogens with one attached hydrogen (secondary N) is 2. The predicted molar refractivity (Wildman–Crippen MR) is 129 cm³/mol. The Morgan fingerprint density at radius 3 is 2.69 bits per heavy atom. The molecule has 0 aliphatic rings. The number of hydrogen-bond acceptors (Lipinski definition) is 4. The molecule has 0 spiro atoms. The van der Waals surface area contributed by atoms with Gasteiger partial charge in [0.15, 0.2) is 0 Å². The number of amides is 1. The van der Waals surface area contributed by atoms with Crippen molar-refractivity contribution in [2.24, 2.45) is 0 Å². The molecule has 0 fully saturated rings. The second-order valence-electron chi connectivity index (χ2n) is 8.18. The van der Waals surface area contributed by atoms with Gasteiger partial charge in [0.2, 0.25) is 5.82 Å². The van der Waals surface area contributed by atoms with Crippen molar-refractivity contribution in [1.82, 2.24) is 20.1 Å². The van der Waals surface area contributed by atoms with Crippen LogP contribution in [0.25, 0.3) is 10.8 Å². The molecule has 2 N–H and O–H groups in total. The summed E-state index contributed by atoms with van der Waals surface area (Å²) in [7, 11) is 0. The Kier molecular flexibility index (Phi) is 6.61. The average Bonchev–Trinajstić information content (AvgIpc) is 3.28. The van der Waals surface area contributed by atoms with E-state index in [4.69, 9.17) is 0 Å². The minimum atomic E-state index is -0.297. The van der Waals surface area contributed by atoms with Crippen molar-refractivity contribution in [3.05, 3.63) is 89.5 Å². The van der Waals surface area contributed by atoms with Crippen molar-refractivity contribution in [2.45, 2.75) is 39.8 Å². The van der Waals surface area contributed by atoms with Gasteiger partial charge < -0.3 is 10.6 Å². The van der Waals surface area contributed by atoms with E-state index in [9.17, 15) is 4.79 Å². The van der Waals surface area contributed by atoms with Gasteiger partial charge >= 0.3 is 0 Å². The van der Waals surface area contributed by atoms with Crippen LogP contribution in [-0.2, 0) is 6.54 Å². The first-order valence-electron chi connectivity index (χ1n) is 11.0. The van der Waals surface area contributed by atoms with Gasteiger partial charge in [0.1, 0.15) is 6.33 Å². The summed E-state index contributed by atoms with van der Waals surface area (Å²) in [5.41, 5.74) is 4.37. The van der Waals surface area contributed by atoms with Crippen molar-refractivity contribution >= 4 is 22.4 Å². The van der Waals surface area contributed by atoms with Crippen LogP contribution in [0.5, 0.6) is 0 Å². The smallest absolute Gasteiger partial charge is 0.295 e. The van der Waals surface area contributed by atoms with Crippen LogP contribution < -0.4 is 10.6 Å². The first-order chi connectivity index (χ1) is 15.5. The third-order valence-electron chi connectivity index (χ3n) is 5.81. The first-order valence-corrected chi connectivity index (χ1v) is 11.0. The van der Waals surface area contributed by atoms with Crippen LogP contribution >= 0.6 is 0 Å². The molecule has 0 radical (unpaired) electrons. The minimum absolute atomic E-state index is 0.181. The highest BCUT2D eigenvalue weighted by molar-refractivity contribution is 6.01. The Balaban J connectivity index is 1.28. The third-order valence-corrected chi connectivity index (χ3v) is 5.81. The standard InChI is InChI=1S/C26H29N5O/c1-18-12-13-22(16-19(18)2)29-26(32)25-28-17-31(30-25)15-7-14-27-20(3)23-11-6-9-21-8-4-5-10-24(21)23/h4-6,8-13,16-17,20,27H,7,14-15H2,1-3H3,(H,29,32)/t20-/m1/s1. The molecule has 0 bridgehead atoms. The molecule has 1 amide bonds. The lowest BCUT2D eigenvalue weighted by molar-refractivity contribution is 0.101. The van der Waals surface area contributed by atoms with Gasteiger partial charge in [-0.2, -0.15) is 0 Å². The Morgan fingerprint density at radius 2 is 1.84 bits per heavy atom. The summed E-state index contributed by atoms with van der Waals surface area (Å²) >= 11 is 0. The molecule has 4 aromatic rings. The zero-order valence-electron chi connectivity index (χ0n) is 18.8. The second-order valence-corrected chi connectivity index (χ2v) is 8.18. The van der Waals surface area contributed by atoms with Crippen molar-refractivity contribution in [1.29, 1.82) is 0 Å². The molecule has 0 saturated heterocycles. The molecule has 0 saturated carbocycles. The Hall–Kier alpha value is -3.51. The first kappa shape index (κ1) is 21.7. The molecule has 6 nitrogen and oxygen atoms in total. The zero-order chi connectivity index (χ0) is 22.5. The minimum Gasteiger partial charge on any atom is -0.319 e. The molecule has 0 aliphatic carbocycles. The van der Waals surface area contributed by atoms with E-state index in [-0.39, 0.29) is 17.8 Å². The summed E-state index contributed by atoms with van der Waals surface area (Å²) in [6.45, 7) is 7.79. The van der Waals surface area contributed by atoms with Crippen LogP contribution in [0.1, 0.15) is 46.7 Å². The molecule has 164 valence electrons. The van der Waals surface area contributed by atoms with Gasteiger partial charge in [0.05, 0.1) is 0 Å². The largest absolute Gasteiger partial charge is 0.319 e. The van der Waals surface area contributed by atoms with Crippen molar-refractivity contribution in [3.8, 4) is 0 Å². The maximum absolute atomic E-state index is 12.4. The number of fused-ring (bicyclic) bond motifs is 1. The maximum Gasteiger partial charge on any atom is 0.295 e. The highest BCUT2D eigenvalue weighted by atomic mass is 16.2. The fraction of sp³-hybridized carbons (Fsp3) is 0.269. The molecule has 1 heterocycles. The summed E-state index contributed by atoms with van der Waals surface area (Å²) in [6.07, 6.45) is 2.50. The maximum atomic E-state index is 12.4. The number of aromatic nitrogens is 3. The quantitative estimate of drug-likeness (QED) is 0.386. The lowest BCUT2D eigenvalue weighted by Crippen LogP contribution is -2.21. The van der Waals surface area contributed by atoms with Crippen LogP contribution in [0.3, 0.4) is 0 Å². The number of hydrogen-bond donors (Lipinski definition) is 2. The van der Waals surface area contributed by atoms with E-state index < -0.39 is 0 Å². The van der Waals surface area contributed by atoms with Crippen LogP contribution in [-0.4, -0.2) is 27.2 Å².